The lowest BCUT2D eigenvalue weighted by atomic mass is 9.87. The summed E-state index contributed by atoms with van der Waals surface area (Å²) in [6, 6.07) is 15.1. The molecule has 1 fully saturated rings. The number of hydrogen-bond donors (Lipinski definition) is 1. The molecule has 0 aliphatic carbocycles. The van der Waals surface area contributed by atoms with Crippen LogP contribution in [0.1, 0.15) is 51.7 Å². The average Bonchev–Trinajstić information content (AvgIpc) is 2.93. The van der Waals surface area contributed by atoms with Crippen LogP contribution in [-0.2, 0) is 10.2 Å². The van der Waals surface area contributed by atoms with Crippen LogP contribution in [0.5, 0.6) is 11.5 Å². The first-order valence-corrected chi connectivity index (χ1v) is 10.0. The van der Waals surface area contributed by atoms with Crippen molar-refractivity contribution in [2.45, 2.75) is 46.0 Å². The van der Waals surface area contributed by atoms with Crippen LogP contribution >= 0.6 is 0 Å². The van der Waals surface area contributed by atoms with Gasteiger partial charge in [-0.3, -0.25) is 9.69 Å². The van der Waals surface area contributed by atoms with Gasteiger partial charge in [-0.25, -0.2) is 4.79 Å². The van der Waals surface area contributed by atoms with Gasteiger partial charge in [-0.1, -0.05) is 58.4 Å². The molecule has 0 unspecified atom stereocenters. The molecule has 1 heterocycles. The van der Waals surface area contributed by atoms with Crippen LogP contribution in [0.4, 0.5) is 4.79 Å². The molecule has 0 bridgehead atoms. The lowest BCUT2D eigenvalue weighted by Crippen LogP contribution is -2.31. The molecule has 1 aliphatic rings. The van der Waals surface area contributed by atoms with Crippen LogP contribution in [0.3, 0.4) is 0 Å². The Balaban J connectivity index is 1.74. The van der Waals surface area contributed by atoms with Gasteiger partial charge in [0, 0.05) is 6.54 Å². The van der Waals surface area contributed by atoms with E-state index in [0.29, 0.717) is 12.3 Å². The topological polar surface area (TPSA) is 58.6 Å². The minimum Gasteiger partial charge on any atom is -0.457 e. The molecule has 0 aromatic heterocycles. The maximum atomic E-state index is 12.5. The number of amides is 3. The van der Waals surface area contributed by atoms with Gasteiger partial charge in [0.1, 0.15) is 17.2 Å². The molecule has 1 saturated heterocycles. The number of ether oxygens (including phenoxy) is 1. The largest absolute Gasteiger partial charge is 0.457 e. The summed E-state index contributed by atoms with van der Waals surface area (Å²) in [6.07, 6.45) is 3.40. The van der Waals surface area contributed by atoms with Crippen LogP contribution in [0.15, 0.2) is 54.2 Å². The van der Waals surface area contributed by atoms with Gasteiger partial charge in [0.25, 0.3) is 5.91 Å². The Labute approximate surface area is 172 Å². The zero-order chi connectivity index (χ0) is 21.0. The summed E-state index contributed by atoms with van der Waals surface area (Å²) in [5.74, 6) is 1.13. The molecule has 1 N–H and O–H groups in total. The van der Waals surface area contributed by atoms with Gasteiger partial charge < -0.3 is 10.1 Å². The Morgan fingerprint density at radius 2 is 1.76 bits per heavy atom. The zero-order valence-corrected chi connectivity index (χ0v) is 17.5. The smallest absolute Gasteiger partial charge is 0.329 e. The van der Waals surface area contributed by atoms with E-state index < -0.39 is 0 Å². The molecule has 5 heteroatoms. The standard InChI is InChI=1S/C24H28N2O3/c1-5-6-14-26-22(27)21(25-23(26)28)16-17-8-7-9-20(15-17)29-19-12-10-18(11-13-19)24(2,3)4/h7-13,15-16H,5-6,14H2,1-4H3,(H,25,28). The summed E-state index contributed by atoms with van der Waals surface area (Å²) < 4.78 is 5.96. The summed E-state index contributed by atoms with van der Waals surface area (Å²) in [7, 11) is 0. The van der Waals surface area contributed by atoms with Gasteiger partial charge in [0.05, 0.1) is 0 Å². The summed E-state index contributed by atoms with van der Waals surface area (Å²) >= 11 is 0. The van der Waals surface area contributed by atoms with E-state index >= 15 is 0 Å². The molecule has 152 valence electrons. The van der Waals surface area contributed by atoms with E-state index in [-0.39, 0.29) is 23.1 Å². The number of carbonyl (C=O) groups excluding carboxylic acids is 2. The molecule has 5 nitrogen and oxygen atoms in total. The minimum absolute atomic E-state index is 0.0912. The second-order valence-electron chi connectivity index (χ2n) is 8.25. The lowest BCUT2D eigenvalue weighted by Gasteiger charge is -2.19. The van der Waals surface area contributed by atoms with Crippen molar-refractivity contribution < 1.29 is 14.3 Å². The molecule has 3 rings (SSSR count). The number of carbonyl (C=O) groups is 2. The van der Waals surface area contributed by atoms with Gasteiger partial charge in [-0.2, -0.15) is 0 Å². The number of urea groups is 1. The molecule has 0 saturated carbocycles. The highest BCUT2D eigenvalue weighted by Gasteiger charge is 2.32. The van der Waals surface area contributed by atoms with Crippen molar-refractivity contribution >= 4 is 18.0 Å². The van der Waals surface area contributed by atoms with Gasteiger partial charge in [0.15, 0.2) is 0 Å². The van der Waals surface area contributed by atoms with Gasteiger partial charge in [0.2, 0.25) is 0 Å². The van der Waals surface area contributed by atoms with Gasteiger partial charge in [-0.05, 0) is 53.3 Å². The van der Waals surface area contributed by atoms with Crippen LogP contribution in [0, 0.1) is 0 Å². The van der Waals surface area contributed by atoms with Crippen molar-refractivity contribution in [2.24, 2.45) is 0 Å². The SMILES string of the molecule is CCCCN1C(=O)NC(=Cc2cccc(Oc3ccc(C(C)(C)C)cc3)c2)C1=O. The zero-order valence-electron chi connectivity index (χ0n) is 17.5. The Hall–Kier alpha value is -3.08. The summed E-state index contributed by atoms with van der Waals surface area (Å²) in [5, 5.41) is 2.66. The van der Waals surface area contributed by atoms with Crippen LogP contribution in [0.25, 0.3) is 6.08 Å². The van der Waals surface area contributed by atoms with E-state index in [4.69, 9.17) is 4.74 Å². The van der Waals surface area contributed by atoms with Crippen LogP contribution in [0.2, 0.25) is 0 Å². The fraction of sp³-hybridized carbons (Fsp3) is 0.333. The highest BCUT2D eigenvalue weighted by atomic mass is 16.5. The van der Waals surface area contributed by atoms with E-state index in [9.17, 15) is 9.59 Å². The number of imide groups is 1. The Kier molecular flexibility index (Phi) is 6.06. The van der Waals surface area contributed by atoms with Crippen LogP contribution < -0.4 is 10.1 Å². The quantitative estimate of drug-likeness (QED) is 0.524. The van der Waals surface area contributed by atoms with E-state index in [2.05, 4.69) is 38.2 Å². The van der Waals surface area contributed by atoms with E-state index in [1.54, 1.807) is 6.08 Å². The van der Waals surface area contributed by atoms with Crippen molar-refractivity contribution in [3.8, 4) is 11.5 Å². The maximum absolute atomic E-state index is 12.5. The first-order chi connectivity index (χ1) is 13.8. The summed E-state index contributed by atoms with van der Waals surface area (Å²) in [6.45, 7) is 8.98. The molecule has 1 aliphatic heterocycles. The highest BCUT2D eigenvalue weighted by molar-refractivity contribution is 6.13. The van der Waals surface area contributed by atoms with Gasteiger partial charge in [-0.15, -0.1) is 0 Å². The number of unbranched alkanes of at least 4 members (excludes halogenated alkanes) is 1. The van der Waals surface area contributed by atoms with Crippen molar-refractivity contribution in [2.75, 3.05) is 6.54 Å². The Morgan fingerprint density at radius 3 is 2.41 bits per heavy atom. The van der Waals surface area contributed by atoms with Crippen molar-refractivity contribution in [3.63, 3.8) is 0 Å². The predicted molar refractivity (Wildman–Crippen MR) is 115 cm³/mol. The second kappa shape index (κ2) is 8.52. The number of nitrogens with zero attached hydrogens (tertiary/aromatic N) is 1. The molecule has 0 radical (unpaired) electrons. The maximum Gasteiger partial charge on any atom is 0.329 e. The first-order valence-electron chi connectivity index (χ1n) is 10.0. The molecular formula is C24H28N2O3. The molecule has 3 amide bonds. The predicted octanol–water partition coefficient (Wildman–Crippen LogP) is 5.47. The second-order valence-corrected chi connectivity index (χ2v) is 8.25. The third-order valence-corrected chi connectivity index (χ3v) is 4.82. The normalized spacial score (nSPS) is 15.7. The van der Waals surface area contributed by atoms with Gasteiger partial charge >= 0.3 is 6.03 Å². The molecule has 0 atom stereocenters. The first kappa shape index (κ1) is 20.6. The average molecular weight is 392 g/mol. The van der Waals surface area contributed by atoms with E-state index in [1.165, 1.54) is 10.5 Å². The monoisotopic (exact) mass is 392 g/mol. The number of hydrogen-bond acceptors (Lipinski definition) is 3. The number of nitrogens with one attached hydrogen (secondary N) is 1. The van der Waals surface area contributed by atoms with Crippen molar-refractivity contribution in [3.05, 3.63) is 65.4 Å². The minimum atomic E-state index is -0.360. The summed E-state index contributed by atoms with van der Waals surface area (Å²) in [4.78, 5) is 25.7. The third-order valence-electron chi connectivity index (χ3n) is 4.82. The molecule has 29 heavy (non-hydrogen) atoms. The van der Waals surface area contributed by atoms with Crippen LogP contribution in [-0.4, -0.2) is 23.4 Å². The molecular weight excluding hydrogens is 364 g/mol. The van der Waals surface area contributed by atoms with E-state index in [0.717, 1.165) is 24.2 Å². The summed E-state index contributed by atoms with van der Waals surface area (Å²) in [5.41, 5.74) is 2.41. The highest BCUT2D eigenvalue weighted by Crippen LogP contribution is 2.27. The fourth-order valence-electron chi connectivity index (χ4n) is 3.08. The number of benzene rings is 2. The molecule has 2 aromatic rings. The molecule has 0 spiro atoms. The third kappa shape index (κ3) is 5.05. The number of rotatable bonds is 6. The van der Waals surface area contributed by atoms with Crippen molar-refractivity contribution in [1.29, 1.82) is 0 Å². The Bertz CT molecular complexity index is 924. The molecule has 2 aromatic carbocycles. The van der Waals surface area contributed by atoms with Crippen molar-refractivity contribution in [1.82, 2.24) is 10.2 Å². The van der Waals surface area contributed by atoms with E-state index in [1.807, 2.05) is 43.3 Å². The fourth-order valence-corrected chi connectivity index (χ4v) is 3.08. The Morgan fingerprint density at radius 1 is 1.03 bits per heavy atom. The lowest BCUT2D eigenvalue weighted by molar-refractivity contribution is -0.122.